The molecule has 120 valence electrons. The van der Waals surface area contributed by atoms with Crippen LogP contribution in [0.15, 0.2) is 24.3 Å². The first kappa shape index (κ1) is 18.1. The van der Waals surface area contributed by atoms with Gasteiger partial charge in [-0.05, 0) is 23.6 Å². The van der Waals surface area contributed by atoms with Gasteiger partial charge in [-0.25, -0.2) is 12.7 Å². The highest BCUT2D eigenvalue weighted by molar-refractivity contribution is 7.89. The van der Waals surface area contributed by atoms with Crippen LogP contribution in [0, 0.1) is 5.92 Å². The van der Waals surface area contributed by atoms with Gasteiger partial charge in [0, 0.05) is 19.5 Å². The van der Waals surface area contributed by atoms with Gasteiger partial charge < -0.3 is 4.74 Å². The van der Waals surface area contributed by atoms with Crippen LogP contribution >= 0.6 is 11.6 Å². The molecule has 1 atom stereocenters. The highest BCUT2D eigenvalue weighted by Crippen LogP contribution is 2.17. The first-order valence-electron chi connectivity index (χ1n) is 6.28. The molecule has 0 fully saturated rings. The lowest BCUT2D eigenvalue weighted by Crippen LogP contribution is -2.31. The molecule has 1 aromatic rings. The summed E-state index contributed by atoms with van der Waals surface area (Å²) < 4.78 is 53.6. The highest BCUT2D eigenvalue weighted by Gasteiger charge is 2.21. The topological polar surface area (TPSA) is 46.6 Å². The zero-order valence-corrected chi connectivity index (χ0v) is 13.4. The summed E-state index contributed by atoms with van der Waals surface area (Å²) in [4.78, 5) is 0. The lowest BCUT2D eigenvalue weighted by molar-refractivity contribution is -0.0498. The van der Waals surface area contributed by atoms with Crippen LogP contribution in [0.25, 0.3) is 0 Å². The molecule has 0 amide bonds. The molecule has 0 N–H and O–H groups in total. The van der Waals surface area contributed by atoms with Gasteiger partial charge >= 0.3 is 6.61 Å². The third-order valence-electron chi connectivity index (χ3n) is 2.79. The van der Waals surface area contributed by atoms with Gasteiger partial charge in [0.2, 0.25) is 10.0 Å². The van der Waals surface area contributed by atoms with Crippen LogP contribution in [0.1, 0.15) is 12.5 Å². The summed E-state index contributed by atoms with van der Waals surface area (Å²) in [5.74, 6) is 0.141. The summed E-state index contributed by atoms with van der Waals surface area (Å²) in [5.41, 5.74) is 0.682. The third kappa shape index (κ3) is 6.15. The Bertz CT molecular complexity index is 537. The summed E-state index contributed by atoms with van der Waals surface area (Å²) in [6.45, 7) is -0.961. The lowest BCUT2D eigenvalue weighted by Gasteiger charge is -2.19. The molecule has 0 bridgehead atoms. The minimum absolute atomic E-state index is 0.0282. The van der Waals surface area contributed by atoms with Gasteiger partial charge in [-0.1, -0.05) is 19.1 Å². The molecule has 0 aliphatic heterocycles. The predicted octanol–water partition coefficient (Wildman–Crippen LogP) is 2.92. The van der Waals surface area contributed by atoms with Gasteiger partial charge in [0.05, 0.1) is 5.75 Å². The largest absolute Gasteiger partial charge is 0.435 e. The summed E-state index contributed by atoms with van der Waals surface area (Å²) in [6, 6.07) is 5.86. The number of alkyl halides is 3. The molecule has 0 saturated heterocycles. The number of benzene rings is 1. The molecule has 8 heteroatoms. The number of hydrogen-bond acceptors (Lipinski definition) is 3. The fraction of sp³-hybridized carbons (Fsp3) is 0.538. The SMILES string of the molecule is CC(CCl)CS(=O)(=O)N(C)Cc1ccc(OC(F)F)cc1. The van der Waals surface area contributed by atoms with E-state index in [0.29, 0.717) is 5.56 Å². The van der Waals surface area contributed by atoms with E-state index in [2.05, 4.69) is 4.74 Å². The van der Waals surface area contributed by atoms with E-state index in [9.17, 15) is 17.2 Å². The van der Waals surface area contributed by atoms with Gasteiger partial charge in [0.1, 0.15) is 5.75 Å². The Morgan fingerprint density at radius 3 is 2.33 bits per heavy atom. The molecule has 0 radical (unpaired) electrons. The van der Waals surface area contributed by atoms with E-state index >= 15 is 0 Å². The summed E-state index contributed by atoms with van der Waals surface area (Å²) in [5, 5.41) is 0. The van der Waals surface area contributed by atoms with E-state index in [0.717, 1.165) is 0 Å². The zero-order chi connectivity index (χ0) is 16.0. The monoisotopic (exact) mass is 341 g/mol. The normalized spacial score (nSPS) is 13.7. The lowest BCUT2D eigenvalue weighted by atomic mass is 10.2. The molecule has 21 heavy (non-hydrogen) atoms. The second kappa shape index (κ2) is 7.91. The van der Waals surface area contributed by atoms with Crippen molar-refractivity contribution in [3.8, 4) is 5.75 Å². The molecule has 0 heterocycles. The van der Waals surface area contributed by atoms with Crippen LogP contribution in [0.4, 0.5) is 8.78 Å². The van der Waals surface area contributed by atoms with Crippen molar-refractivity contribution in [1.29, 1.82) is 0 Å². The number of nitrogens with zero attached hydrogens (tertiary/aromatic N) is 1. The van der Waals surface area contributed by atoms with Crippen LogP contribution in [-0.2, 0) is 16.6 Å². The van der Waals surface area contributed by atoms with Crippen molar-refractivity contribution < 1.29 is 21.9 Å². The van der Waals surface area contributed by atoms with E-state index in [4.69, 9.17) is 11.6 Å². The first-order chi connectivity index (χ1) is 9.74. The minimum atomic E-state index is -3.40. The fourth-order valence-corrected chi connectivity index (χ4v) is 3.34. The third-order valence-corrected chi connectivity index (χ3v) is 5.38. The molecule has 1 unspecified atom stereocenters. The van der Waals surface area contributed by atoms with E-state index in [-0.39, 0.29) is 29.8 Å². The van der Waals surface area contributed by atoms with Gasteiger partial charge in [-0.3, -0.25) is 0 Å². The smallest absolute Gasteiger partial charge is 0.387 e. The van der Waals surface area contributed by atoms with Crippen LogP contribution in [0.3, 0.4) is 0 Å². The highest BCUT2D eigenvalue weighted by atomic mass is 35.5. The summed E-state index contributed by atoms with van der Waals surface area (Å²) >= 11 is 5.62. The van der Waals surface area contributed by atoms with Gasteiger partial charge in [0.25, 0.3) is 0 Å². The number of halogens is 3. The van der Waals surface area contributed by atoms with Crippen LogP contribution in [-0.4, -0.2) is 38.0 Å². The molecule has 0 aliphatic rings. The maximum atomic E-state index is 12.1. The predicted molar refractivity (Wildman–Crippen MR) is 78.2 cm³/mol. The van der Waals surface area contributed by atoms with Crippen molar-refractivity contribution in [1.82, 2.24) is 4.31 Å². The van der Waals surface area contributed by atoms with Gasteiger partial charge in [-0.15, -0.1) is 11.6 Å². The van der Waals surface area contributed by atoms with E-state index in [1.807, 2.05) is 0 Å². The Labute approximate surface area is 128 Å². The number of hydrogen-bond donors (Lipinski definition) is 0. The Balaban J connectivity index is 2.68. The van der Waals surface area contributed by atoms with Crippen LogP contribution in [0.5, 0.6) is 5.75 Å². The molecular weight excluding hydrogens is 324 g/mol. The van der Waals surface area contributed by atoms with Crippen molar-refractivity contribution >= 4 is 21.6 Å². The van der Waals surface area contributed by atoms with Crippen molar-refractivity contribution in [3.05, 3.63) is 29.8 Å². The zero-order valence-electron chi connectivity index (χ0n) is 11.8. The Kier molecular flexibility index (Phi) is 6.83. The maximum Gasteiger partial charge on any atom is 0.387 e. The number of rotatable bonds is 8. The fourth-order valence-electron chi connectivity index (χ4n) is 1.66. The quantitative estimate of drug-likeness (QED) is 0.683. The second-order valence-corrected chi connectivity index (χ2v) is 7.25. The van der Waals surface area contributed by atoms with Crippen LogP contribution < -0.4 is 4.74 Å². The minimum Gasteiger partial charge on any atom is -0.435 e. The van der Waals surface area contributed by atoms with E-state index in [1.165, 1.54) is 23.5 Å². The van der Waals surface area contributed by atoms with Gasteiger partial charge in [0.15, 0.2) is 0 Å². The standard InChI is InChI=1S/C13H18ClF2NO3S/c1-10(7-14)9-21(18,19)17(2)8-11-3-5-12(6-4-11)20-13(15)16/h3-6,10,13H,7-9H2,1-2H3. The molecular formula is C13H18ClF2NO3S. The molecule has 1 rings (SSSR count). The Hall–Kier alpha value is -0.920. The van der Waals surface area contributed by atoms with Crippen molar-refractivity contribution in [2.45, 2.75) is 20.1 Å². The van der Waals surface area contributed by atoms with Crippen LogP contribution in [0.2, 0.25) is 0 Å². The molecule has 1 aromatic carbocycles. The molecule has 4 nitrogen and oxygen atoms in total. The maximum absolute atomic E-state index is 12.1. The van der Waals surface area contributed by atoms with Crippen molar-refractivity contribution in [2.75, 3.05) is 18.7 Å². The molecule has 0 spiro atoms. The summed E-state index contributed by atoms with van der Waals surface area (Å²) in [7, 11) is -1.93. The average Bonchev–Trinajstić information content (AvgIpc) is 2.39. The molecule has 0 saturated carbocycles. The molecule has 0 aromatic heterocycles. The summed E-state index contributed by atoms with van der Waals surface area (Å²) in [6.07, 6.45) is 0. The number of sulfonamides is 1. The van der Waals surface area contributed by atoms with Gasteiger partial charge in [-0.2, -0.15) is 8.78 Å². The Morgan fingerprint density at radius 1 is 1.29 bits per heavy atom. The van der Waals surface area contributed by atoms with Crippen molar-refractivity contribution in [3.63, 3.8) is 0 Å². The average molecular weight is 342 g/mol. The first-order valence-corrected chi connectivity index (χ1v) is 8.42. The number of ether oxygens (including phenoxy) is 1. The van der Waals surface area contributed by atoms with E-state index < -0.39 is 16.6 Å². The second-order valence-electron chi connectivity index (χ2n) is 4.82. The molecule has 0 aliphatic carbocycles. The van der Waals surface area contributed by atoms with Crippen molar-refractivity contribution in [2.24, 2.45) is 5.92 Å². The van der Waals surface area contributed by atoms with E-state index in [1.54, 1.807) is 19.1 Å². The Morgan fingerprint density at radius 2 is 1.86 bits per heavy atom.